The van der Waals surface area contributed by atoms with E-state index >= 15 is 0 Å². The number of piperidine rings is 1. The van der Waals surface area contributed by atoms with Crippen LogP contribution in [0.15, 0.2) is 50.8 Å². The first kappa shape index (κ1) is 24.0. The van der Waals surface area contributed by atoms with Crippen LogP contribution in [0.3, 0.4) is 0 Å². The molecule has 0 spiro atoms. The first-order valence-corrected chi connectivity index (χ1v) is 13.2. The van der Waals surface area contributed by atoms with Gasteiger partial charge in [-0.25, -0.2) is 21.6 Å². The average Bonchev–Trinajstić information content (AvgIpc) is 3.25. The SMILES string of the molecule is CCOC(=O)c1ccc(S(=O)(=O)N2CCC(C(=O)Nc3ccccc3S(C)(=O)=O)CC2)o1. The highest BCUT2D eigenvalue weighted by Crippen LogP contribution is 2.27. The number of ether oxygens (including phenoxy) is 1. The van der Waals surface area contributed by atoms with E-state index in [0.717, 1.165) is 6.26 Å². The quantitative estimate of drug-likeness (QED) is 0.588. The number of rotatable bonds is 7. The minimum absolute atomic E-state index is 0.0172. The number of sulfonamides is 1. The molecule has 0 atom stereocenters. The van der Waals surface area contributed by atoms with Gasteiger partial charge in [-0.15, -0.1) is 0 Å². The van der Waals surface area contributed by atoms with Crippen molar-refractivity contribution >= 4 is 37.4 Å². The lowest BCUT2D eigenvalue weighted by atomic mass is 9.97. The molecule has 0 radical (unpaired) electrons. The molecule has 1 aliphatic heterocycles. The third kappa shape index (κ3) is 5.19. The number of hydrogen-bond donors (Lipinski definition) is 1. The van der Waals surface area contributed by atoms with Gasteiger partial charge in [-0.05, 0) is 44.0 Å². The maximum Gasteiger partial charge on any atom is 0.374 e. The number of sulfone groups is 1. The van der Waals surface area contributed by atoms with Gasteiger partial charge in [0.15, 0.2) is 9.84 Å². The molecule has 0 saturated carbocycles. The summed E-state index contributed by atoms with van der Waals surface area (Å²) < 4.78 is 60.6. The fourth-order valence-corrected chi connectivity index (χ4v) is 5.61. The number of amides is 1. The van der Waals surface area contributed by atoms with E-state index in [1.54, 1.807) is 19.1 Å². The number of esters is 1. The third-order valence-electron chi connectivity index (χ3n) is 5.02. The summed E-state index contributed by atoms with van der Waals surface area (Å²) in [4.78, 5) is 24.4. The molecule has 0 bridgehead atoms. The minimum atomic E-state index is -3.98. The molecule has 32 heavy (non-hydrogen) atoms. The van der Waals surface area contributed by atoms with E-state index in [1.807, 2.05) is 0 Å². The van der Waals surface area contributed by atoms with Gasteiger partial charge in [-0.1, -0.05) is 12.1 Å². The van der Waals surface area contributed by atoms with E-state index < -0.39 is 31.7 Å². The highest BCUT2D eigenvalue weighted by atomic mass is 32.2. The Balaban J connectivity index is 1.65. The summed E-state index contributed by atoms with van der Waals surface area (Å²) in [6, 6.07) is 8.54. The number of furan rings is 1. The Hall–Kier alpha value is -2.70. The number of nitrogens with one attached hydrogen (secondary N) is 1. The Bertz CT molecular complexity index is 1210. The number of para-hydroxylation sites is 1. The second-order valence-electron chi connectivity index (χ2n) is 7.28. The molecule has 1 aromatic carbocycles. The van der Waals surface area contributed by atoms with Crippen LogP contribution in [0, 0.1) is 5.92 Å². The molecule has 1 N–H and O–H groups in total. The van der Waals surface area contributed by atoms with Crippen LogP contribution < -0.4 is 5.32 Å². The molecular formula is C20H24N2O8S2. The number of benzene rings is 1. The molecule has 1 amide bonds. The summed E-state index contributed by atoms with van der Waals surface area (Å²) in [5.41, 5.74) is 0.192. The molecule has 12 heteroatoms. The van der Waals surface area contributed by atoms with Gasteiger partial charge >= 0.3 is 5.97 Å². The van der Waals surface area contributed by atoms with Crippen LogP contribution in [0.25, 0.3) is 0 Å². The Morgan fingerprint density at radius 3 is 2.38 bits per heavy atom. The first-order chi connectivity index (χ1) is 15.0. The van der Waals surface area contributed by atoms with E-state index in [-0.39, 0.29) is 59.9 Å². The Labute approximate surface area is 186 Å². The largest absolute Gasteiger partial charge is 0.460 e. The smallest absolute Gasteiger partial charge is 0.374 e. The van der Waals surface area contributed by atoms with Crippen molar-refractivity contribution in [1.82, 2.24) is 4.31 Å². The number of hydrogen-bond acceptors (Lipinski definition) is 8. The van der Waals surface area contributed by atoms with Crippen LogP contribution in [-0.4, -0.2) is 59.0 Å². The summed E-state index contributed by atoms with van der Waals surface area (Å²) in [5, 5.41) is 2.27. The van der Waals surface area contributed by atoms with Crippen molar-refractivity contribution in [3.8, 4) is 0 Å². The van der Waals surface area contributed by atoms with Gasteiger partial charge in [0.05, 0.1) is 17.2 Å². The van der Waals surface area contributed by atoms with Crippen LogP contribution >= 0.6 is 0 Å². The van der Waals surface area contributed by atoms with Crippen LogP contribution in [0.4, 0.5) is 5.69 Å². The molecule has 1 saturated heterocycles. The Kier molecular flexibility index (Phi) is 7.06. The standard InChI is InChI=1S/C20H24N2O8S2/c1-3-29-20(24)16-8-9-18(30-16)32(27,28)22-12-10-14(11-13-22)19(23)21-15-6-4-5-7-17(15)31(2,25)26/h4-9,14H,3,10-13H2,1-2H3,(H,21,23). The van der Waals surface area contributed by atoms with Crippen LogP contribution in [0.2, 0.25) is 0 Å². The van der Waals surface area contributed by atoms with Crippen molar-refractivity contribution in [1.29, 1.82) is 0 Å². The summed E-state index contributed by atoms with van der Waals surface area (Å²) in [7, 11) is -7.50. The molecule has 10 nitrogen and oxygen atoms in total. The molecule has 1 aromatic heterocycles. The maximum absolute atomic E-state index is 12.8. The van der Waals surface area contributed by atoms with E-state index in [0.29, 0.717) is 0 Å². The van der Waals surface area contributed by atoms with Crippen molar-refractivity contribution in [3.05, 3.63) is 42.2 Å². The lowest BCUT2D eigenvalue weighted by Gasteiger charge is -2.29. The molecule has 3 rings (SSSR count). The maximum atomic E-state index is 12.8. The van der Waals surface area contributed by atoms with Gasteiger partial charge in [-0.2, -0.15) is 4.31 Å². The minimum Gasteiger partial charge on any atom is -0.460 e. The van der Waals surface area contributed by atoms with E-state index in [2.05, 4.69) is 5.32 Å². The highest BCUT2D eigenvalue weighted by Gasteiger charge is 2.34. The molecule has 2 aromatic rings. The predicted molar refractivity (Wildman–Crippen MR) is 114 cm³/mol. The van der Waals surface area contributed by atoms with E-state index in [4.69, 9.17) is 9.15 Å². The van der Waals surface area contributed by atoms with Gasteiger partial charge in [0, 0.05) is 25.3 Å². The second-order valence-corrected chi connectivity index (χ2v) is 11.1. The van der Waals surface area contributed by atoms with E-state index in [1.165, 1.54) is 28.6 Å². The summed E-state index contributed by atoms with van der Waals surface area (Å²) in [6.07, 6.45) is 1.55. The zero-order chi connectivity index (χ0) is 23.5. The van der Waals surface area contributed by atoms with Gasteiger partial charge < -0.3 is 14.5 Å². The summed E-state index contributed by atoms with van der Waals surface area (Å²) >= 11 is 0. The fourth-order valence-electron chi connectivity index (χ4n) is 3.38. The van der Waals surface area contributed by atoms with Gasteiger partial charge in [0.2, 0.25) is 16.8 Å². The first-order valence-electron chi connectivity index (χ1n) is 9.91. The topological polar surface area (TPSA) is 140 Å². The van der Waals surface area contributed by atoms with Crippen molar-refractivity contribution < 1.29 is 35.6 Å². The van der Waals surface area contributed by atoms with Crippen molar-refractivity contribution in [2.24, 2.45) is 5.92 Å². The number of anilines is 1. The molecule has 2 heterocycles. The Morgan fingerprint density at radius 2 is 1.75 bits per heavy atom. The lowest BCUT2D eigenvalue weighted by Crippen LogP contribution is -2.41. The van der Waals surface area contributed by atoms with E-state index in [9.17, 15) is 26.4 Å². The monoisotopic (exact) mass is 484 g/mol. The zero-order valence-electron chi connectivity index (χ0n) is 17.6. The average molecular weight is 485 g/mol. The van der Waals surface area contributed by atoms with Gasteiger partial charge in [-0.3, -0.25) is 4.79 Å². The molecule has 0 aliphatic carbocycles. The van der Waals surface area contributed by atoms with Crippen LogP contribution in [0.5, 0.6) is 0 Å². The summed E-state index contributed by atoms with van der Waals surface area (Å²) in [5.74, 6) is -1.82. The number of carbonyl (C=O) groups excluding carboxylic acids is 2. The normalized spacial score (nSPS) is 15.9. The predicted octanol–water partition coefficient (Wildman–Crippen LogP) is 1.90. The van der Waals surface area contributed by atoms with Gasteiger partial charge in [0.25, 0.3) is 10.0 Å². The lowest BCUT2D eigenvalue weighted by molar-refractivity contribution is -0.120. The number of nitrogens with zero attached hydrogens (tertiary/aromatic N) is 1. The molecule has 174 valence electrons. The fraction of sp³-hybridized carbons (Fsp3) is 0.400. The molecule has 0 unspecified atom stereocenters. The zero-order valence-corrected chi connectivity index (χ0v) is 19.2. The molecule has 1 fully saturated rings. The van der Waals surface area contributed by atoms with Crippen molar-refractivity contribution in [2.45, 2.75) is 29.8 Å². The molecule has 1 aliphatic rings. The molecular weight excluding hydrogens is 460 g/mol. The second kappa shape index (κ2) is 9.43. The number of carbonyl (C=O) groups is 2. The Morgan fingerprint density at radius 1 is 1.09 bits per heavy atom. The van der Waals surface area contributed by atoms with Gasteiger partial charge in [0.1, 0.15) is 0 Å². The van der Waals surface area contributed by atoms with Crippen molar-refractivity contribution in [2.75, 3.05) is 31.3 Å². The van der Waals surface area contributed by atoms with Crippen LogP contribution in [-0.2, 0) is 29.4 Å². The summed E-state index contributed by atoms with van der Waals surface area (Å²) in [6.45, 7) is 1.90. The highest BCUT2D eigenvalue weighted by molar-refractivity contribution is 7.91. The third-order valence-corrected chi connectivity index (χ3v) is 7.95. The van der Waals surface area contributed by atoms with Crippen LogP contribution in [0.1, 0.15) is 30.3 Å². The van der Waals surface area contributed by atoms with Crippen molar-refractivity contribution in [3.63, 3.8) is 0 Å².